The summed E-state index contributed by atoms with van der Waals surface area (Å²) in [5, 5.41) is 20.4. The summed E-state index contributed by atoms with van der Waals surface area (Å²) in [6.45, 7) is 7.77. The number of nitrogens with zero attached hydrogens (tertiary/aromatic N) is 1. The number of halogens is 1. The van der Waals surface area contributed by atoms with Gasteiger partial charge in [0.05, 0.1) is 6.10 Å². The molecule has 118 valence electrons. The number of carbonyl (C=O) groups is 1. The van der Waals surface area contributed by atoms with Gasteiger partial charge in [-0.1, -0.05) is 51.4 Å². The molecule has 0 bridgehead atoms. The van der Waals surface area contributed by atoms with Crippen LogP contribution in [0, 0.1) is 11.3 Å². The molecule has 0 aliphatic heterocycles. The first-order chi connectivity index (χ1) is 9.55. The summed E-state index contributed by atoms with van der Waals surface area (Å²) in [4.78, 5) is 12.6. The van der Waals surface area contributed by atoms with Crippen molar-refractivity contribution in [3.63, 3.8) is 0 Å². The van der Waals surface area contributed by atoms with Crippen LogP contribution in [0.2, 0.25) is 5.02 Å². The molecule has 0 aliphatic carbocycles. The smallest absolute Gasteiger partial charge is 0.407 e. The van der Waals surface area contributed by atoms with Crippen molar-refractivity contribution in [1.29, 1.82) is 0 Å². The number of carboxylic acid groups (broad SMARTS) is 1. The van der Waals surface area contributed by atoms with Crippen molar-refractivity contribution >= 4 is 17.7 Å². The summed E-state index contributed by atoms with van der Waals surface area (Å²) >= 11 is 5.96. The Morgan fingerprint density at radius 3 is 2.33 bits per heavy atom. The minimum absolute atomic E-state index is 0.274. The number of hydrogen-bond acceptors (Lipinski definition) is 2. The van der Waals surface area contributed by atoms with Crippen molar-refractivity contribution in [2.45, 2.75) is 39.8 Å². The van der Waals surface area contributed by atoms with E-state index in [4.69, 9.17) is 11.6 Å². The molecule has 21 heavy (non-hydrogen) atoms. The van der Waals surface area contributed by atoms with Crippen LogP contribution in [0.25, 0.3) is 0 Å². The number of aliphatic hydroxyl groups is 1. The van der Waals surface area contributed by atoms with Gasteiger partial charge in [-0.25, -0.2) is 4.79 Å². The Kier molecular flexibility index (Phi) is 5.65. The zero-order valence-electron chi connectivity index (χ0n) is 13.2. The Bertz CT molecular complexity index is 499. The SMILES string of the molecule is C[C@H](C(N(C)C(=O)O)C(C)(C)C)[C@@H](O)c1cccc(Cl)c1. The van der Waals surface area contributed by atoms with Crippen LogP contribution < -0.4 is 0 Å². The normalized spacial score (nSPS) is 16.1. The lowest BCUT2D eigenvalue weighted by Crippen LogP contribution is -2.49. The highest BCUT2D eigenvalue weighted by molar-refractivity contribution is 6.30. The predicted molar refractivity (Wildman–Crippen MR) is 84.6 cm³/mol. The maximum Gasteiger partial charge on any atom is 0.407 e. The van der Waals surface area contributed by atoms with Gasteiger partial charge >= 0.3 is 6.09 Å². The maximum absolute atomic E-state index is 11.3. The molecule has 0 radical (unpaired) electrons. The monoisotopic (exact) mass is 313 g/mol. The topological polar surface area (TPSA) is 60.8 Å². The van der Waals surface area contributed by atoms with Crippen molar-refractivity contribution in [2.75, 3.05) is 7.05 Å². The summed E-state index contributed by atoms with van der Waals surface area (Å²) in [7, 11) is 1.54. The molecule has 1 aromatic rings. The Morgan fingerprint density at radius 2 is 1.90 bits per heavy atom. The van der Waals surface area contributed by atoms with Gasteiger partial charge in [-0.3, -0.25) is 0 Å². The third-order valence-corrected chi connectivity index (χ3v) is 4.03. The highest BCUT2D eigenvalue weighted by Gasteiger charge is 2.38. The molecule has 1 rings (SSSR count). The van der Waals surface area contributed by atoms with Crippen LogP contribution in [-0.4, -0.2) is 34.3 Å². The maximum atomic E-state index is 11.3. The molecular weight excluding hydrogens is 290 g/mol. The van der Waals surface area contributed by atoms with Crippen LogP contribution in [0.1, 0.15) is 39.4 Å². The van der Waals surface area contributed by atoms with Crippen molar-refractivity contribution in [3.05, 3.63) is 34.9 Å². The van der Waals surface area contributed by atoms with E-state index in [0.717, 1.165) is 0 Å². The summed E-state index contributed by atoms with van der Waals surface area (Å²) in [5.41, 5.74) is 0.398. The van der Waals surface area contributed by atoms with Crippen LogP contribution >= 0.6 is 11.6 Å². The molecule has 0 fully saturated rings. The first kappa shape index (κ1) is 17.8. The van der Waals surface area contributed by atoms with Gasteiger partial charge in [0.25, 0.3) is 0 Å². The summed E-state index contributed by atoms with van der Waals surface area (Å²) in [6.07, 6.45) is -1.78. The van der Waals surface area contributed by atoms with E-state index in [1.54, 1.807) is 31.3 Å². The average molecular weight is 314 g/mol. The first-order valence-electron chi connectivity index (χ1n) is 6.95. The Balaban J connectivity index is 3.10. The molecule has 0 heterocycles. The Morgan fingerprint density at radius 1 is 1.33 bits per heavy atom. The molecular formula is C16H24ClNO3. The fraction of sp³-hybridized carbons (Fsp3) is 0.562. The minimum Gasteiger partial charge on any atom is -0.465 e. The zero-order valence-corrected chi connectivity index (χ0v) is 13.9. The van der Waals surface area contributed by atoms with Gasteiger partial charge in [-0.2, -0.15) is 0 Å². The number of aliphatic hydroxyl groups excluding tert-OH is 1. The summed E-state index contributed by atoms with van der Waals surface area (Å²) < 4.78 is 0. The lowest BCUT2D eigenvalue weighted by atomic mass is 9.75. The first-order valence-corrected chi connectivity index (χ1v) is 7.32. The average Bonchev–Trinajstić information content (AvgIpc) is 2.35. The van der Waals surface area contributed by atoms with E-state index in [9.17, 15) is 15.0 Å². The highest BCUT2D eigenvalue weighted by atomic mass is 35.5. The van der Waals surface area contributed by atoms with Crippen LogP contribution in [0.15, 0.2) is 24.3 Å². The zero-order chi connectivity index (χ0) is 16.4. The number of benzene rings is 1. The molecule has 1 aromatic carbocycles. The van der Waals surface area contributed by atoms with Crippen molar-refractivity contribution in [1.82, 2.24) is 4.90 Å². The van der Waals surface area contributed by atoms with Gasteiger partial charge in [-0.05, 0) is 23.1 Å². The second-order valence-corrected chi connectivity index (χ2v) is 7.00. The Labute approximate surface area is 131 Å². The fourth-order valence-electron chi connectivity index (χ4n) is 3.01. The van der Waals surface area contributed by atoms with Crippen LogP contribution in [0.4, 0.5) is 4.79 Å². The fourth-order valence-corrected chi connectivity index (χ4v) is 3.21. The molecule has 0 aliphatic rings. The van der Waals surface area contributed by atoms with E-state index >= 15 is 0 Å². The van der Waals surface area contributed by atoms with Crippen LogP contribution in [0.5, 0.6) is 0 Å². The van der Waals surface area contributed by atoms with E-state index in [-0.39, 0.29) is 17.4 Å². The lowest BCUT2D eigenvalue weighted by molar-refractivity contribution is 0.0101. The van der Waals surface area contributed by atoms with Gasteiger partial charge in [-0.15, -0.1) is 0 Å². The minimum atomic E-state index is -1.000. The number of rotatable bonds is 4. The quantitative estimate of drug-likeness (QED) is 0.882. The van der Waals surface area contributed by atoms with Gasteiger partial charge < -0.3 is 15.1 Å². The van der Waals surface area contributed by atoms with Crippen molar-refractivity contribution in [2.24, 2.45) is 11.3 Å². The molecule has 4 nitrogen and oxygen atoms in total. The van der Waals surface area contributed by atoms with E-state index in [0.29, 0.717) is 10.6 Å². The molecule has 2 N–H and O–H groups in total. The van der Waals surface area contributed by atoms with E-state index < -0.39 is 12.2 Å². The Hall–Kier alpha value is -1.26. The molecule has 1 amide bonds. The molecule has 0 spiro atoms. The third-order valence-electron chi connectivity index (χ3n) is 3.79. The molecule has 0 saturated carbocycles. The van der Waals surface area contributed by atoms with E-state index in [1.165, 1.54) is 4.90 Å². The van der Waals surface area contributed by atoms with Gasteiger partial charge in [0.1, 0.15) is 0 Å². The predicted octanol–water partition coefficient (Wildman–Crippen LogP) is 4.03. The second kappa shape index (κ2) is 6.67. The molecule has 0 aromatic heterocycles. The van der Waals surface area contributed by atoms with Crippen molar-refractivity contribution in [3.8, 4) is 0 Å². The second-order valence-electron chi connectivity index (χ2n) is 6.56. The van der Waals surface area contributed by atoms with Crippen LogP contribution in [0.3, 0.4) is 0 Å². The largest absolute Gasteiger partial charge is 0.465 e. The summed E-state index contributed by atoms with van der Waals surface area (Å²) in [5.74, 6) is -0.274. The molecule has 0 saturated heterocycles. The molecule has 1 unspecified atom stereocenters. The highest BCUT2D eigenvalue weighted by Crippen LogP contribution is 2.36. The number of hydrogen-bond donors (Lipinski definition) is 2. The molecule has 5 heteroatoms. The standard InChI is InChI=1S/C16H24ClNO3/c1-10(13(19)11-7-6-8-12(17)9-11)14(16(2,3)4)18(5)15(20)21/h6-10,13-14,19H,1-5H3,(H,20,21)/t10-,13+,14?/m0/s1. The van der Waals surface area contributed by atoms with Gasteiger partial charge in [0.15, 0.2) is 0 Å². The lowest BCUT2D eigenvalue weighted by Gasteiger charge is -2.42. The van der Waals surface area contributed by atoms with Crippen molar-refractivity contribution < 1.29 is 15.0 Å². The number of amides is 1. The van der Waals surface area contributed by atoms with E-state index in [2.05, 4.69) is 0 Å². The summed E-state index contributed by atoms with van der Waals surface area (Å²) in [6, 6.07) is 6.70. The van der Waals surface area contributed by atoms with Gasteiger partial charge in [0.2, 0.25) is 0 Å². The van der Waals surface area contributed by atoms with Gasteiger partial charge in [0, 0.05) is 24.0 Å². The third kappa shape index (κ3) is 4.35. The van der Waals surface area contributed by atoms with E-state index in [1.807, 2.05) is 27.7 Å². The molecule has 3 atom stereocenters. The van der Waals surface area contributed by atoms with Crippen LogP contribution in [-0.2, 0) is 0 Å².